The van der Waals surface area contributed by atoms with Gasteiger partial charge in [0.05, 0.1) is 0 Å². The quantitative estimate of drug-likeness (QED) is 0.787. The van der Waals surface area contributed by atoms with Crippen molar-refractivity contribution in [2.45, 2.75) is 25.3 Å². The highest BCUT2D eigenvalue weighted by Gasteiger charge is 2.20. The highest BCUT2D eigenvalue weighted by atomic mass is 16.5. The minimum absolute atomic E-state index is 0.124. The van der Waals surface area contributed by atoms with Crippen LogP contribution in [0.3, 0.4) is 0 Å². The molecule has 1 aliphatic rings. The Morgan fingerprint density at radius 2 is 2.08 bits per heavy atom. The van der Waals surface area contributed by atoms with E-state index in [-0.39, 0.29) is 12.5 Å². The minimum atomic E-state index is -0.124. The number of hydrogen-bond donors (Lipinski definition) is 1. The Kier molecular flexibility index (Phi) is 5.71. The van der Waals surface area contributed by atoms with E-state index in [1.54, 1.807) is 0 Å². The lowest BCUT2D eigenvalue weighted by atomic mass is 10.1. The van der Waals surface area contributed by atoms with Crippen LogP contribution in [0.5, 0.6) is 5.75 Å². The van der Waals surface area contributed by atoms with Gasteiger partial charge in [-0.15, -0.1) is 0 Å². The van der Waals surface area contributed by atoms with Gasteiger partial charge in [-0.1, -0.05) is 43.0 Å². The molecule has 0 bridgehead atoms. The maximum Gasteiger partial charge on any atom is 0.250 e. The third kappa shape index (κ3) is 4.40. The van der Waals surface area contributed by atoms with E-state index in [1.807, 2.05) is 42.5 Å². The SMILES string of the molecule is C=C(COc1cccc2ccccc12)C(=O)NCCC1CCCN1C. The number of nitrogens with one attached hydrogen (secondary N) is 1. The molecule has 1 unspecified atom stereocenters. The second-order valence-electron chi connectivity index (χ2n) is 6.69. The number of fused-ring (bicyclic) bond motifs is 1. The maximum atomic E-state index is 12.2. The van der Waals surface area contributed by atoms with Crippen LogP contribution >= 0.6 is 0 Å². The standard InChI is InChI=1S/C21H26N2O2/c1-16(21(24)22-13-12-18-9-6-14-23(18)2)15-25-20-11-5-8-17-7-3-4-10-19(17)20/h3-5,7-8,10-11,18H,1,6,9,12-15H2,2H3,(H,22,24). The Hall–Kier alpha value is -2.33. The van der Waals surface area contributed by atoms with Gasteiger partial charge in [0.15, 0.2) is 0 Å². The lowest BCUT2D eigenvalue weighted by Crippen LogP contribution is -2.33. The molecule has 1 atom stereocenters. The summed E-state index contributed by atoms with van der Waals surface area (Å²) in [6, 6.07) is 14.6. The molecule has 2 aromatic carbocycles. The van der Waals surface area contributed by atoms with Crippen molar-refractivity contribution < 1.29 is 9.53 Å². The molecule has 0 saturated carbocycles. The summed E-state index contributed by atoms with van der Waals surface area (Å²) in [7, 11) is 2.15. The maximum absolute atomic E-state index is 12.2. The fourth-order valence-corrected chi connectivity index (χ4v) is 3.37. The van der Waals surface area contributed by atoms with E-state index in [0.29, 0.717) is 18.2 Å². The number of ether oxygens (including phenoxy) is 1. The lowest BCUT2D eigenvalue weighted by Gasteiger charge is -2.19. The van der Waals surface area contributed by atoms with E-state index >= 15 is 0 Å². The van der Waals surface area contributed by atoms with Crippen molar-refractivity contribution in [2.24, 2.45) is 0 Å². The van der Waals surface area contributed by atoms with Crippen molar-refractivity contribution >= 4 is 16.7 Å². The average Bonchev–Trinajstić information content (AvgIpc) is 3.04. The third-order valence-corrected chi connectivity index (χ3v) is 4.91. The van der Waals surface area contributed by atoms with Crippen molar-refractivity contribution in [1.82, 2.24) is 10.2 Å². The molecule has 1 heterocycles. The molecule has 4 nitrogen and oxygen atoms in total. The zero-order valence-corrected chi connectivity index (χ0v) is 14.8. The average molecular weight is 338 g/mol. The summed E-state index contributed by atoms with van der Waals surface area (Å²) in [6.07, 6.45) is 3.46. The molecule has 1 fully saturated rings. The van der Waals surface area contributed by atoms with Gasteiger partial charge in [-0.25, -0.2) is 0 Å². The van der Waals surface area contributed by atoms with Crippen LogP contribution in [0.4, 0.5) is 0 Å². The van der Waals surface area contributed by atoms with E-state index in [0.717, 1.165) is 29.5 Å². The second kappa shape index (κ2) is 8.17. The summed E-state index contributed by atoms with van der Waals surface area (Å²) in [5, 5.41) is 5.12. The lowest BCUT2D eigenvalue weighted by molar-refractivity contribution is -0.117. The molecule has 0 spiro atoms. The van der Waals surface area contributed by atoms with Crippen LogP contribution in [0.1, 0.15) is 19.3 Å². The Labute approximate surface area is 149 Å². The fraction of sp³-hybridized carbons (Fsp3) is 0.381. The first-order valence-electron chi connectivity index (χ1n) is 8.92. The van der Waals surface area contributed by atoms with Gasteiger partial charge in [0, 0.05) is 23.5 Å². The molecule has 0 aromatic heterocycles. The molecule has 3 rings (SSSR count). The Bertz CT molecular complexity index is 751. The van der Waals surface area contributed by atoms with Crippen molar-refractivity contribution in [2.75, 3.05) is 26.7 Å². The van der Waals surface area contributed by atoms with E-state index < -0.39 is 0 Å². The zero-order valence-electron chi connectivity index (χ0n) is 14.8. The van der Waals surface area contributed by atoms with Gasteiger partial charge in [-0.2, -0.15) is 0 Å². The molecule has 1 saturated heterocycles. The molecule has 1 aliphatic heterocycles. The van der Waals surface area contributed by atoms with E-state index in [1.165, 1.54) is 12.8 Å². The summed E-state index contributed by atoms with van der Waals surface area (Å²) in [6.45, 7) is 5.90. The first-order chi connectivity index (χ1) is 12.1. The number of benzene rings is 2. The first-order valence-corrected chi connectivity index (χ1v) is 8.92. The molecule has 25 heavy (non-hydrogen) atoms. The molecular formula is C21H26N2O2. The van der Waals surface area contributed by atoms with Gasteiger partial charge in [-0.3, -0.25) is 4.79 Å². The van der Waals surface area contributed by atoms with Crippen LogP contribution < -0.4 is 10.1 Å². The summed E-state index contributed by atoms with van der Waals surface area (Å²) >= 11 is 0. The van der Waals surface area contributed by atoms with Crippen molar-refractivity contribution in [3.63, 3.8) is 0 Å². The highest BCUT2D eigenvalue weighted by molar-refractivity contribution is 5.93. The van der Waals surface area contributed by atoms with Gasteiger partial charge in [0.25, 0.3) is 0 Å². The minimum Gasteiger partial charge on any atom is -0.488 e. The summed E-state index contributed by atoms with van der Waals surface area (Å²) < 4.78 is 5.83. The molecule has 0 radical (unpaired) electrons. The fourth-order valence-electron chi connectivity index (χ4n) is 3.37. The van der Waals surface area contributed by atoms with E-state index in [4.69, 9.17) is 4.74 Å². The second-order valence-corrected chi connectivity index (χ2v) is 6.69. The predicted octanol–water partition coefficient (Wildman–Crippen LogP) is 3.38. The van der Waals surface area contributed by atoms with Crippen LogP contribution in [0.15, 0.2) is 54.6 Å². The molecule has 2 aromatic rings. The number of rotatable bonds is 7. The molecule has 0 aliphatic carbocycles. The molecule has 1 N–H and O–H groups in total. The van der Waals surface area contributed by atoms with Crippen LogP contribution in [0, 0.1) is 0 Å². The van der Waals surface area contributed by atoms with Crippen LogP contribution in [-0.2, 0) is 4.79 Å². The topological polar surface area (TPSA) is 41.6 Å². The summed E-state index contributed by atoms with van der Waals surface area (Å²) in [5.41, 5.74) is 0.452. The smallest absolute Gasteiger partial charge is 0.250 e. The number of nitrogens with zero attached hydrogens (tertiary/aromatic N) is 1. The molecule has 132 valence electrons. The van der Waals surface area contributed by atoms with Gasteiger partial charge in [0.1, 0.15) is 12.4 Å². The number of hydrogen-bond acceptors (Lipinski definition) is 3. The molecular weight excluding hydrogens is 312 g/mol. The van der Waals surface area contributed by atoms with Gasteiger partial charge < -0.3 is 15.0 Å². The normalized spacial score (nSPS) is 17.6. The summed E-state index contributed by atoms with van der Waals surface area (Å²) in [5.74, 6) is 0.653. The number of carbonyl (C=O) groups is 1. The molecule has 1 amide bonds. The third-order valence-electron chi connectivity index (χ3n) is 4.91. The van der Waals surface area contributed by atoms with Crippen molar-refractivity contribution in [1.29, 1.82) is 0 Å². The van der Waals surface area contributed by atoms with Crippen molar-refractivity contribution in [3.05, 3.63) is 54.6 Å². The van der Waals surface area contributed by atoms with Crippen molar-refractivity contribution in [3.8, 4) is 5.75 Å². The highest BCUT2D eigenvalue weighted by Crippen LogP contribution is 2.25. The largest absolute Gasteiger partial charge is 0.488 e. The van der Waals surface area contributed by atoms with Crippen LogP contribution in [-0.4, -0.2) is 43.6 Å². The zero-order chi connectivity index (χ0) is 17.6. The predicted molar refractivity (Wildman–Crippen MR) is 102 cm³/mol. The number of likely N-dealkylation sites (tertiary alicyclic amines) is 1. The Balaban J connectivity index is 1.47. The van der Waals surface area contributed by atoms with Gasteiger partial charge in [-0.05, 0) is 44.3 Å². The number of carbonyl (C=O) groups excluding carboxylic acids is 1. The van der Waals surface area contributed by atoms with Crippen LogP contribution in [0.2, 0.25) is 0 Å². The summed E-state index contributed by atoms with van der Waals surface area (Å²) in [4.78, 5) is 14.5. The first kappa shape index (κ1) is 17.5. The van der Waals surface area contributed by atoms with Crippen LogP contribution in [0.25, 0.3) is 10.8 Å². The van der Waals surface area contributed by atoms with E-state index in [9.17, 15) is 4.79 Å². The van der Waals surface area contributed by atoms with E-state index in [2.05, 4.69) is 23.8 Å². The Morgan fingerprint density at radius 1 is 1.28 bits per heavy atom. The monoisotopic (exact) mass is 338 g/mol. The van der Waals surface area contributed by atoms with Gasteiger partial charge >= 0.3 is 0 Å². The van der Waals surface area contributed by atoms with Gasteiger partial charge in [0.2, 0.25) is 5.91 Å². The Morgan fingerprint density at radius 3 is 2.88 bits per heavy atom. The number of amides is 1. The molecule has 4 heteroatoms.